The molecule has 0 aromatic heterocycles. The maximum atomic E-state index is 11.5. The molecule has 3 nitrogen and oxygen atoms in total. The van der Waals surface area contributed by atoms with Gasteiger partial charge >= 0.3 is 5.97 Å². The van der Waals surface area contributed by atoms with E-state index in [0.29, 0.717) is 11.8 Å². The molecule has 3 rings (SSSR count). The monoisotopic (exact) mass is 337 g/mol. The lowest BCUT2D eigenvalue weighted by Gasteiger charge is -2.29. The summed E-state index contributed by atoms with van der Waals surface area (Å²) >= 11 is 3.59. The molecule has 108 valence electrons. The first kappa shape index (κ1) is 14.1. The SMILES string of the molecule is Cc1ccc(CNC2C3CCC(C3)C2C(=O)O)c(Br)c1. The quantitative estimate of drug-likeness (QED) is 0.885. The fourth-order valence-corrected chi connectivity index (χ4v) is 4.60. The Morgan fingerprint density at radius 2 is 2.15 bits per heavy atom. The van der Waals surface area contributed by atoms with E-state index in [9.17, 15) is 9.90 Å². The van der Waals surface area contributed by atoms with Crippen LogP contribution >= 0.6 is 15.9 Å². The van der Waals surface area contributed by atoms with E-state index in [-0.39, 0.29) is 12.0 Å². The van der Waals surface area contributed by atoms with Gasteiger partial charge in [-0.25, -0.2) is 0 Å². The number of aliphatic carboxylic acids is 1. The van der Waals surface area contributed by atoms with E-state index >= 15 is 0 Å². The summed E-state index contributed by atoms with van der Waals surface area (Å²) in [5.41, 5.74) is 2.42. The van der Waals surface area contributed by atoms with Gasteiger partial charge in [-0.2, -0.15) is 0 Å². The molecule has 0 aliphatic heterocycles. The largest absolute Gasteiger partial charge is 0.481 e. The number of carbonyl (C=O) groups is 1. The number of benzene rings is 1. The summed E-state index contributed by atoms with van der Waals surface area (Å²) in [5, 5.41) is 13.0. The number of carboxylic acids is 1. The van der Waals surface area contributed by atoms with Crippen LogP contribution in [0.15, 0.2) is 22.7 Å². The Hall–Kier alpha value is -0.870. The highest BCUT2D eigenvalue weighted by atomic mass is 79.9. The van der Waals surface area contributed by atoms with E-state index in [0.717, 1.165) is 23.9 Å². The molecule has 2 aliphatic carbocycles. The van der Waals surface area contributed by atoms with Gasteiger partial charge in [0.25, 0.3) is 0 Å². The molecule has 4 unspecified atom stereocenters. The summed E-state index contributed by atoms with van der Waals surface area (Å²) in [4.78, 5) is 11.5. The second-order valence-corrected chi connectivity index (χ2v) is 7.05. The van der Waals surface area contributed by atoms with Gasteiger partial charge in [0, 0.05) is 17.1 Å². The summed E-state index contributed by atoms with van der Waals surface area (Å²) < 4.78 is 1.10. The Bertz CT molecular complexity index is 531. The van der Waals surface area contributed by atoms with Gasteiger partial charge in [0.15, 0.2) is 0 Å². The van der Waals surface area contributed by atoms with Crippen LogP contribution in [-0.4, -0.2) is 17.1 Å². The lowest BCUT2D eigenvalue weighted by molar-refractivity contribution is -0.144. The Kier molecular flexibility index (Phi) is 3.87. The zero-order valence-corrected chi connectivity index (χ0v) is 13.2. The predicted octanol–water partition coefficient (Wildman–Crippen LogP) is 3.35. The first-order valence-corrected chi connectivity index (χ1v) is 8.07. The molecule has 2 aliphatic rings. The number of aryl methyl sites for hydroxylation is 1. The molecular weight excluding hydrogens is 318 g/mol. The lowest BCUT2D eigenvalue weighted by Crippen LogP contribution is -2.43. The smallest absolute Gasteiger partial charge is 0.308 e. The predicted molar refractivity (Wildman–Crippen MR) is 81.5 cm³/mol. The minimum absolute atomic E-state index is 0.138. The van der Waals surface area contributed by atoms with Crippen LogP contribution in [0.25, 0.3) is 0 Å². The Morgan fingerprint density at radius 3 is 2.85 bits per heavy atom. The van der Waals surface area contributed by atoms with E-state index in [2.05, 4.69) is 46.4 Å². The molecule has 20 heavy (non-hydrogen) atoms. The van der Waals surface area contributed by atoms with Gasteiger partial charge in [0.1, 0.15) is 0 Å². The number of halogens is 1. The van der Waals surface area contributed by atoms with E-state index in [1.165, 1.54) is 17.5 Å². The zero-order valence-electron chi connectivity index (χ0n) is 11.6. The normalized spacial score (nSPS) is 31.7. The second kappa shape index (κ2) is 5.49. The molecule has 0 amide bonds. The average molecular weight is 338 g/mol. The van der Waals surface area contributed by atoms with E-state index in [1.54, 1.807) is 0 Å². The molecule has 2 fully saturated rings. The summed E-state index contributed by atoms with van der Waals surface area (Å²) in [6, 6.07) is 6.44. The third-order valence-corrected chi connectivity index (χ3v) is 5.68. The minimum Gasteiger partial charge on any atom is -0.481 e. The van der Waals surface area contributed by atoms with Crippen LogP contribution in [0.5, 0.6) is 0 Å². The molecule has 0 saturated heterocycles. The van der Waals surface area contributed by atoms with Crippen LogP contribution in [-0.2, 0) is 11.3 Å². The molecule has 2 bridgehead atoms. The van der Waals surface area contributed by atoms with Crippen molar-refractivity contribution >= 4 is 21.9 Å². The van der Waals surface area contributed by atoms with Crippen molar-refractivity contribution in [2.45, 2.75) is 38.8 Å². The fourth-order valence-electron chi connectivity index (χ4n) is 3.96. The van der Waals surface area contributed by atoms with Crippen LogP contribution in [0.3, 0.4) is 0 Å². The Labute approximate surface area is 127 Å². The molecule has 1 aromatic carbocycles. The second-order valence-electron chi connectivity index (χ2n) is 6.20. The number of hydrogen-bond donors (Lipinski definition) is 2. The van der Waals surface area contributed by atoms with Crippen molar-refractivity contribution in [1.29, 1.82) is 0 Å². The molecule has 0 heterocycles. The standard InChI is InChI=1S/C16H20BrNO2/c1-9-2-3-12(13(17)6-9)8-18-15-11-5-4-10(7-11)14(15)16(19)20/h2-3,6,10-11,14-15,18H,4-5,7-8H2,1H3,(H,19,20). The zero-order chi connectivity index (χ0) is 14.3. The van der Waals surface area contributed by atoms with E-state index in [1.807, 2.05) is 0 Å². The molecular formula is C16H20BrNO2. The van der Waals surface area contributed by atoms with Crippen LogP contribution < -0.4 is 5.32 Å². The maximum Gasteiger partial charge on any atom is 0.308 e. The third-order valence-electron chi connectivity index (χ3n) is 4.94. The van der Waals surface area contributed by atoms with E-state index < -0.39 is 5.97 Å². The Morgan fingerprint density at radius 1 is 1.40 bits per heavy atom. The summed E-state index contributed by atoms with van der Waals surface area (Å²) in [6.45, 7) is 2.80. The number of carboxylic acid groups (broad SMARTS) is 1. The van der Waals surface area contributed by atoms with Crippen molar-refractivity contribution < 1.29 is 9.90 Å². The maximum absolute atomic E-state index is 11.5. The third kappa shape index (κ3) is 2.51. The molecule has 1 aromatic rings. The first-order valence-electron chi connectivity index (χ1n) is 7.27. The average Bonchev–Trinajstić information content (AvgIpc) is 2.97. The van der Waals surface area contributed by atoms with Crippen molar-refractivity contribution in [3.8, 4) is 0 Å². The molecule has 4 atom stereocenters. The van der Waals surface area contributed by atoms with Crippen LogP contribution in [0.2, 0.25) is 0 Å². The molecule has 0 radical (unpaired) electrons. The summed E-state index contributed by atoms with van der Waals surface area (Å²) in [6.07, 6.45) is 3.36. The van der Waals surface area contributed by atoms with Crippen molar-refractivity contribution in [1.82, 2.24) is 5.32 Å². The highest BCUT2D eigenvalue weighted by molar-refractivity contribution is 9.10. The lowest BCUT2D eigenvalue weighted by atomic mass is 9.84. The number of rotatable bonds is 4. The van der Waals surface area contributed by atoms with Gasteiger partial charge in [0.05, 0.1) is 5.92 Å². The van der Waals surface area contributed by atoms with Crippen molar-refractivity contribution in [3.63, 3.8) is 0 Å². The number of hydrogen-bond acceptors (Lipinski definition) is 2. The van der Waals surface area contributed by atoms with Crippen molar-refractivity contribution in [2.75, 3.05) is 0 Å². The topological polar surface area (TPSA) is 49.3 Å². The van der Waals surface area contributed by atoms with Crippen LogP contribution in [0, 0.1) is 24.7 Å². The number of fused-ring (bicyclic) bond motifs is 2. The Balaban J connectivity index is 1.70. The molecule has 0 spiro atoms. The van der Waals surface area contributed by atoms with Crippen LogP contribution in [0.1, 0.15) is 30.4 Å². The van der Waals surface area contributed by atoms with E-state index in [4.69, 9.17) is 0 Å². The van der Waals surface area contributed by atoms with Crippen molar-refractivity contribution in [3.05, 3.63) is 33.8 Å². The fraction of sp³-hybridized carbons (Fsp3) is 0.562. The summed E-state index contributed by atoms with van der Waals surface area (Å²) in [5.74, 6) is 0.109. The van der Waals surface area contributed by atoms with Gasteiger partial charge in [-0.3, -0.25) is 4.79 Å². The van der Waals surface area contributed by atoms with Crippen molar-refractivity contribution in [2.24, 2.45) is 17.8 Å². The van der Waals surface area contributed by atoms with Gasteiger partial charge in [0.2, 0.25) is 0 Å². The molecule has 2 saturated carbocycles. The van der Waals surface area contributed by atoms with Crippen LogP contribution in [0.4, 0.5) is 0 Å². The van der Waals surface area contributed by atoms with Gasteiger partial charge in [-0.15, -0.1) is 0 Å². The number of nitrogens with one attached hydrogen (secondary N) is 1. The highest BCUT2D eigenvalue weighted by Crippen LogP contribution is 2.48. The first-order chi connectivity index (χ1) is 9.56. The van der Waals surface area contributed by atoms with Gasteiger partial charge < -0.3 is 10.4 Å². The van der Waals surface area contributed by atoms with Gasteiger partial charge in [-0.1, -0.05) is 28.1 Å². The minimum atomic E-state index is -0.627. The molecule has 2 N–H and O–H groups in total. The summed E-state index contributed by atoms with van der Waals surface area (Å²) in [7, 11) is 0. The molecule has 4 heteroatoms. The highest BCUT2D eigenvalue weighted by Gasteiger charge is 2.50. The van der Waals surface area contributed by atoms with Gasteiger partial charge in [-0.05, 0) is 55.2 Å².